The summed E-state index contributed by atoms with van der Waals surface area (Å²) in [4.78, 5) is 18.9. The number of nitrogens with zero attached hydrogens (tertiary/aromatic N) is 2. The fraction of sp³-hybridized carbons (Fsp3) is 0.368. The molecule has 1 aromatic carbocycles. The number of likely N-dealkylation sites (tertiary alicyclic amines) is 1. The molecule has 0 atom stereocenters. The normalized spacial score (nSPS) is 14.7. The van der Waals surface area contributed by atoms with Gasteiger partial charge < -0.3 is 15.0 Å². The third kappa shape index (κ3) is 4.42. The lowest BCUT2D eigenvalue weighted by Crippen LogP contribution is -2.31. The van der Waals surface area contributed by atoms with Gasteiger partial charge in [-0.1, -0.05) is 24.4 Å². The Morgan fingerprint density at radius 2 is 1.92 bits per heavy atom. The van der Waals surface area contributed by atoms with Crippen LogP contribution in [-0.4, -0.2) is 36.0 Å². The standard InChI is InChI=1S/C19H22ClN3O2/c1-25-17-8-7-15(12-16(17)20)22-18-9-6-14(13-21-18)19(24)23-10-4-2-3-5-11-23/h6-9,12-13H,2-5,10-11H2,1H3,(H,21,22). The highest BCUT2D eigenvalue weighted by atomic mass is 35.5. The van der Waals surface area contributed by atoms with Crippen molar-refractivity contribution in [3.8, 4) is 5.75 Å². The van der Waals surface area contributed by atoms with Gasteiger partial charge >= 0.3 is 0 Å². The van der Waals surface area contributed by atoms with Crippen molar-refractivity contribution in [2.45, 2.75) is 25.7 Å². The van der Waals surface area contributed by atoms with E-state index in [2.05, 4.69) is 10.3 Å². The number of ether oxygens (including phenoxy) is 1. The Morgan fingerprint density at radius 3 is 2.52 bits per heavy atom. The molecule has 0 aliphatic carbocycles. The summed E-state index contributed by atoms with van der Waals surface area (Å²) in [5, 5.41) is 3.70. The van der Waals surface area contributed by atoms with E-state index in [0.29, 0.717) is 22.2 Å². The molecular weight excluding hydrogens is 338 g/mol. The number of halogens is 1. The number of rotatable bonds is 4. The summed E-state index contributed by atoms with van der Waals surface area (Å²) < 4.78 is 5.14. The smallest absolute Gasteiger partial charge is 0.255 e. The molecule has 25 heavy (non-hydrogen) atoms. The van der Waals surface area contributed by atoms with Crippen LogP contribution in [0.2, 0.25) is 5.02 Å². The van der Waals surface area contributed by atoms with Gasteiger partial charge in [-0.15, -0.1) is 0 Å². The Bertz CT molecular complexity index is 726. The number of anilines is 2. The van der Waals surface area contributed by atoms with Crippen molar-refractivity contribution in [1.29, 1.82) is 0 Å². The summed E-state index contributed by atoms with van der Waals surface area (Å²) in [5.41, 5.74) is 1.44. The van der Waals surface area contributed by atoms with Crippen LogP contribution < -0.4 is 10.1 Å². The number of hydrogen-bond donors (Lipinski definition) is 1. The molecule has 1 fully saturated rings. The number of methoxy groups -OCH3 is 1. The Morgan fingerprint density at radius 1 is 1.16 bits per heavy atom. The minimum Gasteiger partial charge on any atom is -0.495 e. The third-order valence-corrected chi connectivity index (χ3v) is 4.62. The predicted octanol–water partition coefficient (Wildman–Crippen LogP) is 4.50. The predicted molar refractivity (Wildman–Crippen MR) is 99.9 cm³/mol. The van der Waals surface area contributed by atoms with Crippen LogP contribution in [-0.2, 0) is 0 Å². The van der Waals surface area contributed by atoms with Crippen molar-refractivity contribution >= 4 is 29.0 Å². The van der Waals surface area contributed by atoms with Crippen molar-refractivity contribution in [3.05, 3.63) is 47.1 Å². The summed E-state index contributed by atoms with van der Waals surface area (Å²) in [6.07, 6.45) is 6.19. The molecule has 1 aliphatic rings. The van der Waals surface area contributed by atoms with Gasteiger partial charge in [-0.2, -0.15) is 0 Å². The van der Waals surface area contributed by atoms with E-state index in [-0.39, 0.29) is 5.91 Å². The number of nitrogens with one attached hydrogen (secondary N) is 1. The second kappa shape index (κ2) is 8.21. The summed E-state index contributed by atoms with van der Waals surface area (Å²) in [5.74, 6) is 1.35. The van der Waals surface area contributed by atoms with E-state index < -0.39 is 0 Å². The van der Waals surface area contributed by atoms with E-state index in [1.807, 2.05) is 23.1 Å². The lowest BCUT2D eigenvalue weighted by molar-refractivity contribution is 0.0761. The molecule has 2 aromatic rings. The molecule has 0 bridgehead atoms. The second-order valence-electron chi connectivity index (χ2n) is 6.11. The van der Waals surface area contributed by atoms with E-state index in [1.54, 1.807) is 25.4 Å². The SMILES string of the molecule is COc1ccc(Nc2ccc(C(=O)N3CCCCCC3)cn2)cc1Cl. The Labute approximate surface area is 153 Å². The van der Waals surface area contributed by atoms with Crippen LogP contribution >= 0.6 is 11.6 Å². The minimum absolute atomic E-state index is 0.0634. The molecule has 0 saturated carbocycles. The second-order valence-corrected chi connectivity index (χ2v) is 6.52. The number of pyridine rings is 1. The first-order chi connectivity index (χ1) is 12.2. The van der Waals surface area contributed by atoms with E-state index in [1.165, 1.54) is 12.8 Å². The van der Waals surface area contributed by atoms with Gasteiger partial charge in [0.25, 0.3) is 5.91 Å². The first-order valence-electron chi connectivity index (χ1n) is 8.53. The van der Waals surface area contributed by atoms with Gasteiger partial charge in [0.1, 0.15) is 11.6 Å². The molecule has 132 valence electrons. The Hall–Kier alpha value is -2.27. The molecule has 6 heteroatoms. The summed E-state index contributed by atoms with van der Waals surface area (Å²) >= 11 is 6.13. The van der Waals surface area contributed by atoms with Crippen LogP contribution in [0, 0.1) is 0 Å². The highest BCUT2D eigenvalue weighted by molar-refractivity contribution is 6.32. The van der Waals surface area contributed by atoms with Crippen LogP contribution in [0.15, 0.2) is 36.5 Å². The van der Waals surface area contributed by atoms with Gasteiger partial charge in [-0.25, -0.2) is 4.98 Å². The van der Waals surface area contributed by atoms with Crippen LogP contribution in [0.1, 0.15) is 36.0 Å². The average Bonchev–Trinajstić information content (AvgIpc) is 2.91. The zero-order valence-corrected chi connectivity index (χ0v) is 15.1. The largest absolute Gasteiger partial charge is 0.495 e. The van der Waals surface area contributed by atoms with Gasteiger partial charge in [0.15, 0.2) is 0 Å². The molecule has 5 nitrogen and oxygen atoms in total. The molecule has 3 rings (SSSR count). The van der Waals surface area contributed by atoms with Crippen LogP contribution in [0.5, 0.6) is 5.75 Å². The molecule has 1 amide bonds. The molecule has 0 radical (unpaired) electrons. The minimum atomic E-state index is 0.0634. The summed E-state index contributed by atoms with van der Waals surface area (Å²) in [6.45, 7) is 1.67. The lowest BCUT2D eigenvalue weighted by Gasteiger charge is -2.20. The lowest BCUT2D eigenvalue weighted by atomic mass is 10.2. The van der Waals surface area contributed by atoms with Crippen molar-refractivity contribution in [2.75, 3.05) is 25.5 Å². The maximum absolute atomic E-state index is 12.6. The Balaban J connectivity index is 1.67. The monoisotopic (exact) mass is 359 g/mol. The van der Waals surface area contributed by atoms with Crippen LogP contribution in [0.4, 0.5) is 11.5 Å². The first kappa shape index (κ1) is 17.5. The van der Waals surface area contributed by atoms with E-state index in [9.17, 15) is 4.79 Å². The van der Waals surface area contributed by atoms with Crippen LogP contribution in [0.3, 0.4) is 0 Å². The molecule has 1 N–H and O–H groups in total. The fourth-order valence-electron chi connectivity index (χ4n) is 2.94. The molecule has 1 aliphatic heterocycles. The number of benzene rings is 1. The molecule has 0 unspecified atom stereocenters. The zero-order chi connectivity index (χ0) is 17.6. The molecular formula is C19H22ClN3O2. The van der Waals surface area contributed by atoms with Gasteiger partial charge in [0.2, 0.25) is 0 Å². The van der Waals surface area contributed by atoms with E-state index in [4.69, 9.17) is 16.3 Å². The topological polar surface area (TPSA) is 54.5 Å². The third-order valence-electron chi connectivity index (χ3n) is 4.33. The van der Waals surface area contributed by atoms with Crippen molar-refractivity contribution < 1.29 is 9.53 Å². The maximum atomic E-state index is 12.6. The number of carbonyl (C=O) groups excluding carboxylic acids is 1. The highest BCUT2D eigenvalue weighted by Crippen LogP contribution is 2.28. The van der Waals surface area contributed by atoms with Crippen LogP contribution in [0.25, 0.3) is 0 Å². The van der Waals surface area contributed by atoms with Crippen molar-refractivity contribution in [2.24, 2.45) is 0 Å². The summed E-state index contributed by atoms with van der Waals surface area (Å²) in [7, 11) is 1.58. The first-order valence-corrected chi connectivity index (χ1v) is 8.91. The number of carbonyl (C=O) groups is 1. The van der Waals surface area contributed by atoms with E-state index >= 15 is 0 Å². The molecule has 1 aromatic heterocycles. The quantitative estimate of drug-likeness (QED) is 0.873. The zero-order valence-electron chi connectivity index (χ0n) is 14.3. The number of amides is 1. The molecule has 1 saturated heterocycles. The highest BCUT2D eigenvalue weighted by Gasteiger charge is 2.17. The number of hydrogen-bond acceptors (Lipinski definition) is 4. The number of aromatic nitrogens is 1. The van der Waals surface area contributed by atoms with Gasteiger partial charge in [-0.3, -0.25) is 4.79 Å². The average molecular weight is 360 g/mol. The van der Waals surface area contributed by atoms with Crippen molar-refractivity contribution in [1.82, 2.24) is 9.88 Å². The molecule has 0 spiro atoms. The van der Waals surface area contributed by atoms with Gasteiger partial charge in [0.05, 0.1) is 17.7 Å². The van der Waals surface area contributed by atoms with Gasteiger partial charge in [0, 0.05) is 25.0 Å². The van der Waals surface area contributed by atoms with Crippen molar-refractivity contribution in [3.63, 3.8) is 0 Å². The van der Waals surface area contributed by atoms with Gasteiger partial charge in [-0.05, 0) is 43.2 Å². The Kier molecular flexibility index (Phi) is 5.76. The fourth-order valence-corrected chi connectivity index (χ4v) is 3.20. The van der Waals surface area contributed by atoms with E-state index in [0.717, 1.165) is 31.6 Å². The molecule has 2 heterocycles. The maximum Gasteiger partial charge on any atom is 0.255 e. The summed E-state index contributed by atoms with van der Waals surface area (Å²) in [6, 6.07) is 9.06.